The van der Waals surface area contributed by atoms with Gasteiger partial charge in [0.2, 0.25) is 0 Å². The number of pyridine rings is 1. The number of rotatable bonds is 5. The summed E-state index contributed by atoms with van der Waals surface area (Å²) < 4.78 is 11.2. The summed E-state index contributed by atoms with van der Waals surface area (Å²) in [6.45, 7) is 3.85. The fourth-order valence-electron chi connectivity index (χ4n) is 3.09. The van der Waals surface area contributed by atoms with Gasteiger partial charge in [-0.2, -0.15) is 0 Å². The third kappa shape index (κ3) is 3.91. The van der Waals surface area contributed by atoms with Crippen molar-refractivity contribution in [3.05, 3.63) is 54.4 Å². The largest absolute Gasteiger partial charge is 0.496 e. The Morgan fingerprint density at radius 1 is 1.32 bits per heavy atom. The van der Waals surface area contributed by atoms with Crippen LogP contribution in [0.15, 0.2) is 48.8 Å². The summed E-state index contributed by atoms with van der Waals surface area (Å²) in [5.74, 6) is 1.34. The van der Waals surface area contributed by atoms with E-state index in [0.29, 0.717) is 18.8 Å². The molecule has 0 aliphatic carbocycles. The van der Waals surface area contributed by atoms with Crippen LogP contribution in [0, 0.1) is 0 Å². The van der Waals surface area contributed by atoms with Crippen LogP contribution in [0.1, 0.15) is 18.5 Å². The molecule has 1 amide bonds. The lowest BCUT2D eigenvalue weighted by atomic mass is 10.0. The van der Waals surface area contributed by atoms with Crippen LogP contribution in [0.25, 0.3) is 0 Å². The minimum absolute atomic E-state index is 0.0405. The number of ether oxygens (including phenoxy) is 2. The van der Waals surface area contributed by atoms with Crippen molar-refractivity contribution < 1.29 is 14.3 Å². The Morgan fingerprint density at radius 2 is 2.16 bits per heavy atom. The number of para-hydroxylation sites is 1. The van der Waals surface area contributed by atoms with Crippen LogP contribution < -0.4 is 14.8 Å². The van der Waals surface area contributed by atoms with E-state index >= 15 is 0 Å². The average Bonchev–Trinajstić information content (AvgIpc) is 2.68. The first-order valence-electron chi connectivity index (χ1n) is 8.41. The van der Waals surface area contributed by atoms with E-state index in [-0.39, 0.29) is 11.9 Å². The molecule has 6 nitrogen and oxygen atoms in total. The van der Waals surface area contributed by atoms with Crippen LogP contribution >= 0.6 is 0 Å². The van der Waals surface area contributed by atoms with Gasteiger partial charge in [-0.1, -0.05) is 18.2 Å². The van der Waals surface area contributed by atoms with Gasteiger partial charge in [-0.15, -0.1) is 0 Å². The molecule has 25 heavy (non-hydrogen) atoms. The lowest BCUT2D eigenvalue weighted by molar-refractivity contribution is -0.141. The summed E-state index contributed by atoms with van der Waals surface area (Å²) in [4.78, 5) is 18.9. The van der Waals surface area contributed by atoms with Crippen molar-refractivity contribution in [2.24, 2.45) is 0 Å². The number of amides is 1. The maximum atomic E-state index is 13.0. The van der Waals surface area contributed by atoms with Crippen LogP contribution in [0.2, 0.25) is 0 Å². The predicted molar refractivity (Wildman–Crippen MR) is 94.6 cm³/mol. The van der Waals surface area contributed by atoms with Crippen LogP contribution in [-0.4, -0.2) is 48.6 Å². The minimum atomic E-state index is -0.584. The van der Waals surface area contributed by atoms with Gasteiger partial charge in [0.25, 0.3) is 5.91 Å². The van der Waals surface area contributed by atoms with Crippen LogP contribution in [0.3, 0.4) is 0 Å². The van der Waals surface area contributed by atoms with Gasteiger partial charge in [-0.25, -0.2) is 0 Å². The molecule has 3 rings (SSSR count). The predicted octanol–water partition coefficient (Wildman–Crippen LogP) is 2.03. The van der Waals surface area contributed by atoms with Gasteiger partial charge in [0, 0.05) is 31.4 Å². The maximum Gasteiger partial charge on any atom is 0.263 e. The highest BCUT2D eigenvalue weighted by Gasteiger charge is 2.32. The molecule has 2 unspecified atom stereocenters. The van der Waals surface area contributed by atoms with Crippen molar-refractivity contribution in [3.8, 4) is 11.5 Å². The molecule has 6 heteroatoms. The number of hydrogen-bond acceptors (Lipinski definition) is 5. The topological polar surface area (TPSA) is 63.7 Å². The van der Waals surface area contributed by atoms with E-state index in [1.807, 2.05) is 29.2 Å². The molecule has 2 aromatic rings. The number of carbonyl (C=O) groups excluding carboxylic acids is 1. The highest BCUT2D eigenvalue weighted by molar-refractivity contribution is 5.81. The first kappa shape index (κ1) is 17.2. The zero-order chi connectivity index (χ0) is 17.6. The molecule has 0 saturated carbocycles. The fraction of sp³-hybridized carbons (Fsp3) is 0.368. The quantitative estimate of drug-likeness (QED) is 0.902. The summed E-state index contributed by atoms with van der Waals surface area (Å²) in [7, 11) is 1.65. The number of benzene rings is 1. The molecule has 132 valence electrons. The molecule has 0 bridgehead atoms. The number of piperazine rings is 1. The molecule has 1 fully saturated rings. The Hall–Kier alpha value is -2.60. The Kier molecular flexibility index (Phi) is 5.50. The molecule has 1 aliphatic heterocycles. The standard InChI is InChI=1S/C19H23N3O3/c1-14(25-15-6-5-9-20-12-15)19(23)22-11-10-21-13-17(22)16-7-3-4-8-18(16)24-2/h3-9,12,14,17,21H,10-11,13H2,1-2H3. The second kappa shape index (κ2) is 7.98. The second-order valence-electron chi connectivity index (χ2n) is 5.94. The maximum absolute atomic E-state index is 13.0. The molecular formula is C19H23N3O3. The summed E-state index contributed by atoms with van der Waals surface area (Å²) in [6, 6.07) is 11.3. The number of carbonyl (C=O) groups is 1. The zero-order valence-corrected chi connectivity index (χ0v) is 14.5. The van der Waals surface area contributed by atoms with Crippen molar-refractivity contribution in [3.63, 3.8) is 0 Å². The Morgan fingerprint density at radius 3 is 2.92 bits per heavy atom. The Labute approximate surface area is 147 Å². The summed E-state index contributed by atoms with van der Waals surface area (Å²) in [6.07, 6.45) is 2.70. The number of nitrogens with zero attached hydrogens (tertiary/aromatic N) is 2. The van der Waals surface area contributed by atoms with E-state index in [0.717, 1.165) is 17.9 Å². The normalized spacial score (nSPS) is 18.5. The van der Waals surface area contributed by atoms with E-state index in [1.54, 1.807) is 38.6 Å². The first-order chi connectivity index (χ1) is 12.2. The van der Waals surface area contributed by atoms with Gasteiger partial charge < -0.3 is 19.7 Å². The summed E-state index contributed by atoms with van der Waals surface area (Å²) in [5.41, 5.74) is 0.999. The number of hydrogen-bond donors (Lipinski definition) is 1. The van der Waals surface area contributed by atoms with E-state index < -0.39 is 6.10 Å². The van der Waals surface area contributed by atoms with E-state index in [9.17, 15) is 4.79 Å². The summed E-state index contributed by atoms with van der Waals surface area (Å²) in [5, 5.41) is 3.36. The Balaban J connectivity index is 1.79. The highest BCUT2D eigenvalue weighted by Crippen LogP contribution is 2.30. The SMILES string of the molecule is COc1ccccc1C1CNCCN1C(=O)C(C)Oc1cccnc1. The molecule has 1 saturated heterocycles. The first-order valence-corrected chi connectivity index (χ1v) is 8.41. The molecule has 1 aromatic carbocycles. The molecule has 1 N–H and O–H groups in total. The second-order valence-corrected chi connectivity index (χ2v) is 5.94. The lowest BCUT2D eigenvalue weighted by Crippen LogP contribution is -2.52. The van der Waals surface area contributed by atoms with Crippen molar-refractivity contribution in [1.29, 1.82) is 0 Å². The third-order valence-corrected chi connectivity index (χ3v) is 4.32. The van der Waals surface area contributed by atoms with Crippen LogP contribution in [0.4, 0.5) is 0 Å². The number of methoxy groups -OCH3 is 1. The van der Waals surface area contributed by atoms with Crippen molar-refractivity contribution >= 4 is 5.91 Å². The van der Waals surface area contributed by atoms with Gasteiger partial charge >= 0.3 is 0 Å². The van der Waals surface area contributed by atoms with Crippen molar-refractivity contribution in [2.45, 2.75) is 19.1 Å². The van der Waals surface area contributed by atoms with Gasteiger partial charge in [-0.05, 0) is 25.1 Å². The molecule has 2 heterocycles. The minimum Gasteiger partial charge on any atom is -0.496 e. The monoisotopic (exact) mass is 341 g/mol. The summed E-state index contributed by atoms with van der Waals surface area (Å²) >= 11 is 0. The smallest absolute Gasteiger partial charge is 0.263 e. The van der Waals surface area contributed by atoms with E-state index in [1.165, 1.54) is 0 Å². The molecule has 0 spiro atoms. The number of aromatic nitrogens is 1. The van der Waals surface area contributed by atoms with Gasteiger partial charge in [0.15, 0.2) is 6.10 Å². The van der Waals surface area contributed by atoms with Crippen LogP contribution in [-0.2, 0) is 4.79 Å². The average molecular weight is 341 g/mol. The molecular weight excluding hydrogens is 318 g/mol. The van der Waals surface area contributed by atoms with E-state index in [4.69, 9.17) is 9.47 Å². The number of nitrogens with one attached hydrogen (secondary N) is 1. The lowest BCUT2D eigenvalue weighted by Gasteiger charge is -2.38. The molecule has 1 aromatic heterocycles. The third-order valence-electron chi connectivity index (χ3n) is 4.32. The van der Waals surface area contributed by atoms with Gasteiger partial charge in [-0.3, -0.25) is 9.78 Å². The zero-order valence-electron chi connectivity index (χ0n) is 14.5. The van der Waals surface area contributed by atoms with Gasteiger partial charge in [0.1, 0.15) is 11.5 Å². The Bertz CT molecular complexity index is 708. The van der Waals surface area contributed by atoms with Crippen molar-refractivity contribution in [1.82, 2.24) is 15.2 Å². The molecule has 1 aliphatic rings. The molecule has 0 radical (unpaired) electrons. The van der Waals surface area contributed by atoms with Crippen molar-refractivity contribution in [2.75, 3.05) is 26.7 Å². The van der Waals surface area contributed by atoms with E-state index in [2.05, 4.69) is 10.3 Å². The van der Waals surface area contributed by atoms with Gasteiger partial charge in [0.05, 0.1) is 19.3 Å². The molecule has 2 atom stereocenters. The fourth-order valence-corrected chi connectivity index (χ4v) is 3.09. The highest BCUT2D eigenvalue weighted by atomic mass is 16.5. The van der Waals surface area contributed by atoms with Crippen LogP contribution in [0.5, 0.6) is 11.5 Å².